The molecule has 1 fully saturated rings. The number of amides is 1. The maximum atomic E-state index is 12.8. The van der Waals surface area contributed by atoms with E-state index in [0.29, 0.717) is 12.5 Å². The molecule has 3 heterocycles. The third kappa shape index (κ3) is 3.19. The number of carbonyl (C=O) groups is 1. The second kappa shape index (κ2) is 6.73. The molecule has 2 aliphatic heterocycles. The molecule has 1 aromatic carbocycles. The molecule has 1 amide bonds. The van der Waals surface area contributed by atoms with Crippen molar-refractivity contribution in [2.24, 2.45) is 5.92 Å². The van der Waals surface area contributed by atoms with E-state index >= 15 is 0 Å². The van der Waals surface area contributed by atoms with Crippen molar-refractivity contribution in [1.29, 1.82) is 0 Å². The van der Waals surface area contributed by atoms with Crippen LogP contribution in [0.2, 0.25) is 0 Å². The minimum atomic E-state index is 0.223. The summed E-state index contributed by atoms with van der Waals surface area (Å²) in [6, 6.07) is 8.24. The molecular formula is C18H23N5O. The monoisotopic (exact) mass is 325 g/mol. The number of anilines is 1. The van der Waals surface area contributed by atoms with Gasteiger partial charge in [0.15, 0.2) is 0 Å². The topological polar surface area (TPSA) is 54.3 Å². The lowest BCUT2D eigenvalue weighted by molar-refractivity contribution is -0.120. The second-order valence-corrected chi connectivity index (χ2v) is 6.78. The highest BCUT2D eigenvalue weighted by molar-refractivity contribution is 5.96. The van der Waals surface area contributed by atoms with Crippen molar-refractivity contribution in [2.75, 3.05) is 31.1 Å². The SMILES string of the molecule is O=C(CN1CCCC(Cn2cncn2)C1)N1CCc2ccccc21. The molecule has 2 aromatic rings. The van der Waals surface area contributed by atoms with Crippen molar-refractivity contribution in [3.8, 4) is 0 Å². The predicted octanol–water partition coefficient (Wildman–Crippen LogP) is 1.58. The number of nitrogens with zero attached hydrogens (tertiary/aromatic N) is 5. The second-order valence-electron chi connectivity index (χ2n) is 6.78. The third-order valence-electron chi connectivity index (χ3n) is 5.06. The molecule has 0 N–H and O–H groups in total. The van der Waals surface area contributed by atoms with Crippen LogP contribution >= 0.6 is 0 Å². The van der Waals surface area contributed by atoms with Crippen LogP contribution in [-0.2, 0) is 17.8 Å². The lowest BCUT2D eigenvalue weighted by Gasteiger charge is -2.33. The summed E-state index contributed by atoms with van der Waals surface area (Å²) >= 11 is 0. The smallest absolute Gasteiger partial charge is 0.241 e. The molecule has 24 heavy (non-hydrogen) atoms. The fourth-order valence-corrected chi connectivity index (χ4v) is 3.91. The van der Waals surface area contributed by atoms with E-state index in [2.05, 4.69) is 27.1 Å². The predicted molar refractivity (Wildman–Crippen MR) is 91.7 cm³/mol. The van der Waals surface area contributed by atoms with Gasteiger partial charge in [-0.1, -0.05) is 18.2 Å². The number of hydrogen-bond acceptors (Lipinski definition) is 4. The van der Waals surface area contributed by atoms with Crippen LogP contribution in [0.25, 0.3) is 0 Å². The Morgan fingerprint density at radius 2 is 2.17 bits per heavy atom. The first kappa shape index (κ1) is 15.3. The number of rotatable bonds is 4. The zero-order chi connectivity index (χ0) is 16.4. The lowest BCUT2D eigenvalue weighted by Crippen LogP contribution is -2.44. The Morgan fingerprint density at radius 3 is 3.04 bits per heavy atom. The molecule has 1 atom stereocenters. The maximum Gasteiger partial charge on any atom is 0.241 e. The van der Waals surface area contributed by atoms with E-state index in [1.807, 2.05) is 21.7 Å². The van der Waals surface area contributed by atoms with Crippen LogP contribution in [0.1, 0.15) is 18.4 Å². The van der Waals surface area contributed by atoms with E-state index in [4.69, 9.17) is 0 Å². The number of likely N-dealkylation sites (tertiary alicyclic amines) is 1. The van der Waals surface area contributed by atoms with Gasteiger partial charge in [-0.2, -0.15) is 5.10 Å². The average molecular weight is 325 g/mol. The summed E-state index contributed by atoms with van der Waals surface area (Å²) < 4.78 is 1.90. The van der Waals surface area contributed by atoms with E-state index in [0.717, 1.165) is 44.7 Å². The first-order valence-corrected chi connectivity index (χ1v) is 8.72. The minimum Gasteiger partial charge on any atom is -0.311 e. The van der Waals surface area contributed by atoms with E-state index < -0.39 is 0 Å². The van der Waals surface area contributed by atoms with Gasteiger partial charge in [-0.15, -0.1) is 0 Å². The van der Waals surface area contributed by atoms with Gasteiger partial charge in [-0.05, 0) is 43.4 Å². The zero-order valence-corrected chi connectivity index (χ0v) is 13.8. The molecule has 6 heteroatoms. The van der Waals surface area contributed by atoms with Crippen molar-refractivity contribution < 1.29 is 4.79 Å². The molecule has 0 spiro atoms. The number of hydrogen-bond donors (Lipinski definition) is 0. The summed E-state index contributed by atoms with van der Waals surface area (Å²) in [7, 11) is 0. The summed E-state index contributed by atoms with van der Waals surface area (Å²) in [6.07, 6.45) is 6.65. The van der Waals surface area contributed by atoms with Crippen LogP contribution in [0, 0.1) is 5.92 Å². The summed E-state index contributed by atoms with van der Waals surface area (Å²) in [6.45, 7) is 4.18. The Balaban J connectivity index is 1.36. The molecule has 0 radical (unpaired) electrons. The molecule has 1 unspecified atom stereocenters. The summed E-state index contributed by atoms with van der Waals surface area (Å²) in [5.74, 6) is 0.764. The zero-order valence-electron chi connectivity index (χ0n) is 13.8. The Bertz CT molecular complexity index is 699. The van der Waals surface area contributed by atoms with Gasteiger partial charge in [0.2, 0.25) is 5.91 Å². The highest BCUT2D eigenvalue weighted by atomic mass is 16.2. The summed E-state index contributed by atoms with van der Waals surface area (Å²) in [4.78, 5) is 21.0. The highest BCUT2D eigenvalue weighted by Crippen LogP contribution is 2.28. The molecule has 0 aliphatic carbocycles. The molecular weight excluding hydrogens is 302 g/mol. The van der Waals surface area contributed by atoms with Crippen molar-refractivity contribution in [1.82, 2.24) is 19.7 Å². The van der Waals surface area contributed by atoms with Gasteiger partial charge in [0.1, 0.15) is 12.7 Å². The van der Waals surface area contributed by atoms with E-state index in [1.54, 1.807) is 12.7 Å². The largest absolute Gasteiger partial charge is 0.311 e. The van der Waals surface area contributed by atoms with E-state index in [9.17, 15) is 4.79 Å². The van der Waals surface area contributed by atoms with Crippen molar-refractivity contribution in [3.63, 3.8) is 0 Å². The molecule has 6 nitrogen and oxygen atoms in total. The molecule has 1 aromatic heterocycles. The molecule has 0 saturated carbocycles. The molecule has 1 saturated heterocycles. The van der Waals surface area contributed by atoms with Gasteiger partial charge in [0.25, 0.3) is 0 Å². The van der Waals surface area contributed by atoms with Crippen molar-refractivity contribution in [2.45, 2.75) is 25.8 Å². The first-order chi connectivity index (χ1) is 11.8. The van der Waals surface area contributed by atoms with Gasteiger partial charge in [0.05, 0.1) is 6.54 Å². The van der Waals surface area contributed by atoms with Crippen LogP contribution in [-0.4, -0.2) is 51.8 Å². The number of para-hydroxylation sites is 1. The van der Waals surface area contributed by atoms with Gasteiger partial charge in [0, 0.05) is 25.3 Å². The summed E-state index contributed by atoms with van der Waals surface area (Å²) in [5.41, 5.74) is 2.38. The van der Waals surface area contributed by atoms with E-state index in [1.165, 1.54) is 12.0 Å². The van der Waals surface area contributed by atoms with Crippen LogP contribution in [0.5, 0.6) is 0 Å². The van der Waals surface area contributed by atoms with Crippen LogP contribution in [0.4, 0.5) is 5.69 Å². The molecule has 4 rings (SSSR count). The number of benzene rings is 1. The number of aromatic nitrogens is 3. The van der Waals surface area contributed by atoms with Crippen LogP contribution in [0.15, 0.2) is 36.9 Å². The number of fused-ring (bicyclic) bond motifs is 1. The van der Waals surface area contributed by atoms with Crippen LogP contribution < -0.4 is 4.90 Å². The average Bonchev–Trinajstić information content (AvgIpc) is 3.24. The number of piperidine rings is 1. The van der Waals surface area contributed by atoms with Gasteiger partial charge >= 0.3 is 0 Å². The Kier molecular flexibility index (Phi) is 4.30. The minimum absolute atomic E-state index is 0.223. The molecule has 126 valence electrons. The Labute approximate surface area is 142 Å². The van der Waals surface area contributed by atoms with E-state index in [-0.39, 0.29) is 5.91 Å². The number of carbonyl (C=O) groups excluding carboxylic acids is 1. The maximum absolute atomic E-state index is 12.8. The third-order valence-corrected chi connectivity index (χ3v) is 5.06. The Morgan fingerprint density at radius 1 is 1.25 bits per heavy atom. The van der Waals surface area contributed by atoms with Gasteiger partial charge in [-0.3, -0.25) is 14.4 Å². The normalized spacial score (nSPS) is 21.0. The molecule has 0 bridgehead atoms. The van der Waals surface area contributed by atoms with Crippen molar-refractivity contribution >= 4 is 11.6 Å². The highest BCUT2D eigenvalue weighted by Gasteiger charge is 2.27. The standard InChI is InChI=1S/C18H23N5O/c24-18(23-9-7-16-5-1-2-6-17(16)23)12-21-8-3-4-15(10-21)11-22-14-19-13-20-22/h1-2,5-6,13-15H,3-4,7-12H2. The van der Waals surface area contributed by atoms with Crippen LogP contribution in [0.3, 0.4) is 0 Å². The fourth-order valence-electron chi connectivity index (χ4n) is 3.91. The summed E-state index contributed by atoms with van der Waals surface area (Å²) in [5, 5.41) is 4.20. The fraction of sp³-hybridized carbons (Fsp3) is 0.500. The molecule has 2 aliphatic rings. The van der Waals surface area contributed by atoms with Gasteiger partial charge in [-0.25, -0.2) is 4.98 Å². The first-order valence-electron chi connectivity index (χ1n) is 8.72. The lowest BCUT2D eigenvalue weighted by atomic mass is 9.98. The Hall–Kier alpha value is -2.21. The van der Waals surface area contributed by atoms with Crippen molar-refractivity contribution in [3.05, 3.63) is 42.5 Å². The van der Waals surface area contributed by atoms with Gasteiger partial charge < -0.3 is 4.90 Å². The quantitative estimate of drug-likeness (QED) is 0.856.